The van der Waals surface area contributed by atoms with Gasteiger partial charge < -0.3 is 29.8 Å². The zero-order valence-corrected chi connectivity index (χ0v) is 22.4. The maximum atomic E-state index is 12.1. The van der Waals surface area contributed by atoms with E-state index in [4.69, 9.17) is 20.2 Å². The second-order valence-electron chi connectivity index (χ2n) is 8.87. The highest BCUT2D eigenvalue weighted by atomic mass is 131. The van der Waals surface area contributed by atoms with E-state index >= 15 is 0 Å². The molecule has 1 fully saturated rings. The van der Waals surface area contributed by atoms with Crippen molar-refractivity contribution in [3.8, 4) is 11.5 Å². The van der Waals surface area contributed by atoms with E-state index in [1.165, 1.54) is 6.92 Å². The van der Waals surface area contributed by atoms with Gasteiger partial charge in [-0.2, -0.15) is 0 Å². The van der Waals surface area contributed by atoms with Crippen LogP contribution in [0, 0.1) is 9.49 Å². The SMILES string of the molecule is C[C@H](O)C(=O)N1CCC(CCn2c(Sc3cc4c(cc3[131I])OCCO4)nc3c(N)nccc32)CC1. The van der Waals surface area contributed by atoms with Gasteiger partial charge in [-0.1, -0.05) is 11.8 Å². The molecule has 0 aliphatic carbocycles. The van der Waals surface area contributed by atoms with E-state index in [1.807, 2.05) is 18.2 Å². The molecule has 4 heterocycles. The molecule has 3 aromatic rings. The molecule has 0 saturated carbocycles. The van der Waals surface area contributed by atoms with Gasteiger partial charge in [0.05, 0.1) is 5.52 Å². The summed E-state index contributed by atoms with van der Waals surface area (Å²) in [5.41, 5.74) is 7.84. The van der Waals surface area contributed by atoms with E-state index in [0.29, 0.717) is 43.6 Å². The topological polar surface area (TPSA) is 116 Å². The number of rotatable bonds is 6. The molecule has 0 bridgehead atoms. The van der Waals surface area contributed by atoms with Crippen molar-refractivity contribution < 1.29 is 19.4 Å². The standard InChI is InChI=1S/C24H28IN5O4S/c1-14(31)23(32)29-7-3-15(4-8-29)5-9-30-17-2-6-27-22(26)21(17)28-24(30)35-20-13-19-18(12-16(20)25)33-10-11-34-19/h2,6,12-15,31H,3-5,7-11H2,1H3,(H2,26,27)/t14-/m0/s1/i25+4. The van der Waals surface area contributed by atoms with E-state index in [2.05, 4.69) is 32.1 Å². The smallest absolute Gasteiger partial charge is 0.251 e. The molecule has 9 nitrogen and oxygen atoms in total. The minimum absolute atomic E-state index is 0.181. The lowest BCUT2D eigenvalue weighted by Crippen LogP contribution is -2.43. The first kappa shape index (κ1) is 24.4. The molecule has 3 N–H and O–H groups in total. The maximum Gasteiger partial charge on any atom is 0.251 e. The van der Waals surface area contributed by atoms with Gasteiger partial charge in [0, 0.05) is 34.3 Å². The van der Waals surface area contributed by atoms with E-state index < -0.39 is 6.10 Å². The van der Waals surface area contributed by atoms with Crippen LogP contribution in [0.5, 0.6) is 11.5 Å². The highest BCUT2D eigenvalue weighted by molar-refractivity contribution is 14.1. The number of nitrogen functional groups attached to an aromatic ring is 1. The number of aryl methyl sites for hydroxylation is 1. The van der Waals surface area contributed by atoms with Crippen molar-refractivity contribution in [2.75, 3.05) is 32.0 Å². The number of aromatic nitrogens is 3. The van der Waals surface area contributed by atoms with Crippen molar-refractivity contribution >= 4 is 57.1 Å². The predicted octanol–water partition coefficient (Wildman–Crippen LogP) is 3.55. The Balaban J connectivity index is 1.36. The normalized spacial score (nSPS) is 17.1. The van der Waals surface area contributed by atoms with Crippen LogP contribution in [-0.4, -0.2) is 62.9 Å². The number of imidazole rings is 1. The fourth-order valence-electron chi connectivity index (χ4n) is 4.58. The summed E-state index contributed by atoms with van der Waals surface area (Å²) in [4.78, 5) is 24.0. The van der Waals surface area contributed by atoms with Gasteiger partial charge >= 0.3 is 0 Å². The number of pyridine rings is 1. The van der Waals surface area contributed by atoms with Gasteiger partial charge in [-0.15, -0.1) is 0 Å². The number of aliphatic hydroxyl groups is 1. The van der Waals surface area contributed by atoms with Crippen LogP contribution in [0.4, 0.5) is 5.82 Å². The molecular formula is C24H28IN5O4S. The number of piperidine rings is 1. The van der Waals surface area contributed by atoms with Gasteiger partial charge in [-0.05, 0) is 72.9 Å². The number of hydrogen-bond donors (Lipinski definition) is 2. The molecule has 1 atom stereocenters. The summed E-state index contributed by atoms with van der Waals surface area (Å²) in [6.07, 6.45) is 3.61. The summed E-state index contributed by atoms with van der Waals surface area (Å²) in [5.74, 6) is 2.26. The van der Waals surface area contributed by atoms with Gasteiger partial charge in [0.25, 0.3) is 5.91 Å². The van der Waals surface area contributed by atoms with Crippen molar-refractivity contribution in [3.05, 3.63) is 28.0 Å². The summed E-state index contributed by atoms with van der Waals surface area (Å²) < 4.78 is 14.8. The molecule has 35 heavy (non-hydrogen) atoms. The second kappa shape index (κ2) is 10.4. The summed E-state index contributed by atoms with van der Waals surface area (Å²) in [6.45, 7) is 4.79. The quantitative estimate of drug-likeness (QED) is 0.406. The average Bonchev–Trinajstić information content (AvgIpc) is 3.21. The Kier molecular flexibility index (Phi) is 7.26. The number of fused-ring (bicyclic) bond motifs is 2. The van der Waals surface area contributed by atoms with Gasteiger partial charge in [0.1, 0.15) is 24.8 Å². The third-order valence-electron chi connectivity index (χ3n) is 6.50. The second-order valence-corrected chi connectivity index (χ2v) is 11.0. The fourth-order valence-corrected chi connectivity index (χ4v) is 6.31. The first-order valence-electron chi connectivity index (χ1n) is 11.7. The van der Waals surface area contributed by atoms with E-state index in [-0.39, 0.29) is 5.91 Å². The largest absolute Gasteiger partial charge is 0.486 e. The molecule has 1 amide bonds. The lowest BCUT2D eigenvalue weighted by molar-refractivity contribution is -0.140. The van der Waals surface area contributed by atoms with Crippen LogP contribution in [0.3, 0.4) is 0 Å². The zero-order chi connectivity index (χ0) is 24.5. The number of likely N-dealkylation sites (tertiary alicyclic amines) is 1. The molecule has 2 aliphatic heterocycles. The van der Waals surface area contributed by atoms with Crippen molar-refractivity contribution in [2.24, 2.45) is 5.92 Å². The Bertz CT molecular complexity index is 1240. The first-order valence-corrected chi connectivity index (χ1v) is 13.6. The molecule has 2 aliphatic rings. The lowest BCUT2D eigenvalue weighted by Gasteiger charge is -2.33. The number of amides is 1. The van der Waals surface area contributed by atoms with E-state index in [9.17, 15) is 9.90 Å². The van der Waals surface area contributed by atoms with Crippen LogP contribution in [0.1, 0.15) is 26.2 Å². The average molecular weight is 613 g/mol. The number of carbonyl (C=O) groups excluding carboxylic acids is 1. The highest BCUT2D eigenvalue weighted by Gasteiger charge is 2.26. The highest BCUT2D eigenvalue weighted by Crippen LogP contribution is 2.41. The number of ether oxygens (including phenoxy) is 2. The Labute approximate surface area is 221 Å². The van der Waals surface area contributed by atoms with Crippen LogP contribution in [-0.2, 0) is 11.3 Å². The van der Waals surface area contributed by atoms with Crippen LogP contribution < -0.4 is 15.2 Å². The number of nitrogens with two attached hydrogens (primary N) is 1. The third kappa shape index (κ3) is 5.17. The number of anilines is 1. The van der Waals surface area contributed by atoms with Gasteiger partial charge in [-0.25, -0.2) is 9.97 Å². The molecule has 1 aromatic carbocycles. The number of nitrogens with zero attached hydrogens (tertiary/aromatic N) is 4. The molecule has 186 valence electrons. The molecule has 0 spiro atoms. The predicted molar refractivity (Wildman–Crippen MR) is 142 cm³/mol. The zero-order valence-electron chi connectivity index (χ0n) is 19.4. The lowest BCUT2D eigenvalue weighted by atomic mass is 9.93. The summed E-state index contributed by atoms with van der Waals surface area (Å²) in [7, 11) is 0. The molecule has 2 aromatic heterocycles. The number of aliphatic hydroxyl groups excluding tert-OH is 1. The molecule has 1 saturated heterocycles. The Morgan fingerprint density at radius 3 is 2.71 bits per heavy atom. The number of hydrogen-bond acceptors (Lipinski definition) is 8. The van der Waals surface area contributed by atoms with Crippen LogP contribution in [0.25, 0.3) is 11.0 Å². The fraction of sp³-hybridized carbons (Fsp3) is 0.458. The van der Waals surface area contributed by atoms with Crippen LogP contribution in [0.15, 0.2) is 34.4 Å². The molecule has 0 unspecified atom stereocenters. The van der Waals surface area contributed by atoms with Crippen molar-refractivity contribution in [1.29, 1.82) is 0 Å². The number of benzene rings is 1. The van der Waals surface area contributed by atoms with E-state index in [1.54, 1.807) is 22.9 Å². The summed E-state index contributed by atoms with van der Waals surface area (Å²) in [6, 6.07) is 5.98. The number of carbonyl (C=O) groups is 1. The van der Waals surface area contributed by atoms with Crippen molar-refractivity contribution in [3.63, 3.8) is 0 Å². The minimum Gasteiger partial charge on any atom is -0.486 e. The Morgan fingerprint density at radius 2 is 2.00 bits per heavy atom. The monoisotopic (exact) mass is 613 g/mol. The minimum atomic E-state index is -0.939. The van der Waals surface area contributed by atoms with E-state index in [0.717, 1.165) is 56.4 Å². The number of halogens is 1. The molecule has 11 heteroatoms. The van der Waals surface area contributed by atoms with Gasteiger partial charge in [0.2, 0.25) is 0 Å². The third-order valence-corrected chi connectivity index (χ3v) is 8.81. The van der Waals surface area contributed by atoms with Crippen molar-refractivity contribution in [1.82, 2.24) is 19.4 Å². The summed E-state index contributed by atoms with van der Waals surface area (Å²) >= 11 is 3.90. The van der Waals surface area contributed by atoms with Gasteiger partial charge in [0.15, 0.2) is 22.5 Å². The Morgan fingerprint density at radius 1 is 1.29 bits per heavy atom. The summed E-state index contributed by atoms with van der Waals surface area (Å²) in [5, 5.41) is 10.4. The Hall–Kier alpha value is -2.25. The maximum absolute atomic E-state index is 12.1. The van der Waals surface area contributed by atoms with Crippen LogP contribution >= 0.6 is 34.4 Å². The van der Waals surface area contributed by atoms with Gasteiger partial charge in [-0.3, -0.25) is 4.79 Å². The van der Waals surface area contributed by atoms with Crippen molar-refractivity contribution in [2.45, 2.75) is 48.9 Å². The molecule has 0 radical (unpaired) electrons. The molecule has 5 rings (SSSR count). The first-order chi connectivity index (χ1) is 16.9. The van der Waals surface area contributed by atoms with Crippen LogP contribution in [0.2, 0.25) is 0 Å². The molecular weight excluding hydrogens is 585 g/mol.